The molecule has 0 radical (unpaired) electrons. The van der Waals surface area contributed by atoms with Crippen molar-refractivity contribution in [2.75, 3.05) is 18.5 Å². The molecule has 3 nitrogen and oxygen atoms in total. The number of carbonyl (C=O) groups excluding carboxylic acids is 1. The Balaban J connectivity index is 2.39. The van der Waals surface area contributed by atoms with Gasteiger partial charge in [-0.25, -0.2) is 0 Å². The highest BCUT2D eigenvalue weighted by molar-refractivity contribution is 9.10. The molecule has 0 saturated carbocycles. The van der Waals surface area contributed by atoms with Crippen LogP contribution >= 0.6 is 15.9 Å². The van der Waals surface area contributed by atoms with Crippen molar-refractivity contribution in [3.63, 3.8) is 0 Å². The predicted octanol–water partition coefficient (Wildman–Crippen LogP) is 2.73. The van der Waals surface area contributed by atoms with Gasteiger partial charge in [-0.3, -0.25) is 4.79 Å². The van der Waals surface area contributed by atoms with Gasteiger partial charge in [-0.1, -0.05) is 33.6 Å². The van der Waals surface area contributed by atoms with Crippen LogP contribution in [0, 0.1) is 6.92 Å². The molecular formula is C12H16BrNO2. The van der Waals surface area contributed by atoms with Crippen molar-refractivity contribution in [2.24, 2.45) is 0 Å². The van der Waals surface area contributed by atoms with E-state index in [-0.39, 0.29) is 10.8 Å². The molecule has 0 bridgehead atoms. The largest absolute Gasteiger partial charge is 0.465 e. The van der Waals surface area contributed by atoms with Crippen LogP contribution in [0.2, 0.25) is 0 Å². The second-order valence-corrected chi connectivity index (χ2v) is 4.57. The summed E-state index contributed by atoms with van der Waals surface area (Å²) < 4.78 is 4.89. The highest BCUT2D eigenvalue weighted by atomic mass is 79.9. The fourth-order valence-corrected chi connectivity index (χ4v) is 1.49. The maximum Gasteiger partial charge on any atom is 0.321 e. The topological polar surface area (TPSA) is 38.3 Å². The lowest BCUT2D eigenvalue weighted by molar-refractivity contribution is -0.141. The number of alkyl halides is 1. The average Bonchev–Trinajstić information content (AvgIpc) is 2.28. The Morgan fingerprint density at radius 1 is 1.44 bits per heavy atom. The van der Waals surface area contributed by atoms with E-state index in [9.17, 15) is 4.79 Å². The lowest BCUT2D eigenvalue weighted by Gasteiger charge is -2.11. The summed E-state index contributed by atoms with van der Waals surface area (Å²) >= 11 is 3.28. The molecule has 1 N–H and O–H groups in total. The van der Waals surface area contributed by atoms with Crippen LogP contribution in [0.5, 0.6) is 0 Å². The van der Waals surface area contributed by atoms with Gasteiger partial charge in [0, 0.05) is 12.2 Å². The van der Waals surface area contributed by atoms with Gasteiger partial charge in [0.2, 0.25) is 0 Å². The van der Waals surface area contributed by atoms with Crippen LogP contribution in [0.4, 0.5) is 5.69 Å². The molecule has 0 aromatic heterocycles. The summed E-state index contributed by atoms with van der Waals surface area (Å²) in [5.74, 6) is -0.234. The van der Waals surface area contributed by atoms with Gasteiger partial charge >= 0.3 is 5.97 Å². The monoisotopic (exact) mass is 285 g/mol. The van der Waals surface area contributed by atoms with Crippen LogP contribution in [0.3, 0.4) is 0 Å². The summed E-state index contributed by atoms with van der Waals surface area (Å²) in [4.78, 5) is 11.0. The van der Waals surface area contributed by atoms with E-state index < -0.39 is 0 Å². The van der Waals surface area contributed by atoms with Crippen LogP contribution < -0.4 is 5.32 Å². The van der Waals surface area contributed by atoms with E-state index in [1.165, 1.54) is 5.56 Å². The fraction of sp³-hybridized carbons (Fsp3) is 0.417. The van der Waals surface area contributed by atoms with Crippen molar-refractivity contribution in [3.8, 4) is 0 Å². The van der Waals surface area contributed by atoms with Crippen LogP contribution in [0.15, 0.2) is 24.3 Å². The van der Waals surface area contributed by atoms with Crippen molar-refractivity contribution in [3.05, 3.63) is 29.8 Å². The predicted molar refractivity (Wildman–Crippen MR) is 69.0 cm³/mol. The Labute approximate surface area is 104 Å². The molecule has 0 aliphatic heterocycles. The zero-order valence-electron chi connectivity index (χ0n) is 9.50. The summed E-state index contributed by atoms with van der Waals surface area (Å²) in [6, 6.07) is 8.02. The van der Waals surface area contributed by atoms with E-state index in [0.29, 0.717) is 13.2 Å². The minimum Gasteiger partial charge on any atom is -0.465 e. The Bertz CT molecular complexity index is 337. The molecule has 1 rings (SSSR count). The molecule has 0 amide bonds. The Kier molecular flexibility index (Phi) is 5.32. The van der Waals surface area contributed by atoms with E-state index in [1.54, 1.807) is 6.92 Å². The van der Waals surface area contributed by atoms with Gasteiger partial charge in [-0.15, -0.1) is 0 Å². The molecule has 0 aliphatic carbocycles. The van der Waals surface area contributed by atoms with Gasteiger partial charge in [0.1, 0.15) is 4.83 Å². The lowest BCUT2D eigenvalue weighted by Crippen LogP contribution is -2.25. The number of anilines is 1. The second-order valence-electron chi connectivity index (χ2n) is 3.47. The number of ether oxygens (including phenoxy) is 1. The molecule has 4 heteroatoms. The van der Waals surface area contributed by atoms with Crippen LogP contribution in [0.1, 0.15) is 12.5 Å². The highest BCUT2D eigenvalue weighted by Gasteiger charge is 2.15. The smallest absolute Gasteiger partial charge is 0.321 e. The lowest BCUT2D eigenvalue weighted by atomic mass is 10.2. The molecule has 1 unspecified atom stereocenters. The van der Waals surface area contributed by atoms with Gasteiger partial charge in [-0.05, 0) is 26.0 Å². The Morgan fingerprint density at radius 3 is 2.62 bits per heavy atom. The first-order chi connectivity index (χ1) is 7.63. The first-order valence-electron chi connectivity index (χ1n) is 5.24. The molecule has 1 atom stereocenters. The quantitative estimate of drug-likeness (QED) is 0.668. The molecule has 1 aromatic carbocycles. The summed E-state index contributed by atoms with van der Waals surface area (Å²) in [7, 11) is 0. The van der Waals surface area contributed by atoms with Gasteiger partial charge in [0.15, 0.2) is 0 Å². The number of rotatable bonds is 5. The van der Waals surface area contributed by atoms with Gasteiger partial charge in [0.05, 0.1) is 6.61 Å². The summed E-state index contributed by atoms with van der Waals surface area (Å²) in [6.07, 6.45) is 0. The van der Waals surface area contributed by atoms with Crippen molar-refractivity contribution >= 4 is 27.6 Å². The second kappa shape index (κ2) is 6.53. The molecule has 0 aliphatic rings. The zero-order valence-corrected chi connectivity index (χ0v) is 11.1. The van der Waals surface area contributed by atoms with Crippen molar-refractivity contribution in [1.82, 2.24) is 0 Å². The van der Waals surface area contributed by atoms with E-state index in [1.807, 2.05) is 31.2 Å². The molecule has 88 valence electrons. The third-order valence-corrected chi connectivity index (χ3v) is 2.78. The van der Waals surface area contributed by atoms with E-state index in [0.717, 1.165) is 5.69 Å². The van der Waals surface area contributed by atoms with Crippen molar-refractivity contribution in [1.29, 1.82) is 0 Å². The normalized spacial score (nSPS) is 11.9. The molecule has 0 spiro atoms. The van der Waals surface area contributed by atoms with Crippen molar-refractivity contribution in [2.45, 2.75) is 18.7 Å². The molecule has 0 fully saturated rings. The van der Waals surface area contributed by atoms with Crippen LogP contribution in [-0.4, -0.2) is 23.9 Å². The molecule has 1 aromatic rings. The van der Waals surface area contributed by atoms with Crippen LogP contribution in [0.25, 0.3) is 0 Å². The number of esters is 1. The van der Waals surface area contributed by atoms with E-state index >= 15 is 0 Å². The number of carbonyl (C=O) groups is 1. The average molecular weight is 286 g/mol. The van der Waals surface area contributed by atoms with Gasteiger partial charge in [0.25, 0.3) is 0 Å². The minimum atomic E-state index is -0.311. The first-order valence-corrected chi connectivity index (χ1v) is 6.16. The van der Waals surface area contributed by atoms with Gasteiger partial charge < -0.3 is 10.1 Å². The summed E-state index contributed by atoms with van der Waals surface area (Å²) in [5, 5.41) is 3.16. The molecule has 0 saturated heterocycles. The maximum atomic E-state index is 11.3. The number of halogens is 1. The Morgan fingerprint density at radius 2 is 2.06 bits per heavy atom. The first kappa shape index (κ1) is 13.0. The van der Waals surface area contributed by atoms with Crippen molar-refractivity contribution < 1.29 is 9.53 Å². The van der Waals surface area contributed by atoms with Gasteiger partial charge in [-0.2, -0.15) is 0 Å². The molecule has 0 heterocycles. The minimum absolute atomic E-state index is 0.234. The third-order valence-electron chi connectivity index (χ3n) is 2.08. The Hall–Kier alpha value is -1.03. The third kappa shape index (κ3) is 4.23. The van der Waals surface area contributed by atoms with E-state index in [2.05, 4.69) is 21.2 Å². The number of benzene rings is 1. The van der Waals surface area contributed by atoms with Crippen LogP contribution in [-0.2, 0) is 9.53 Å². The standard InChI is InChI=1S/C12H16BrNO2/c1-3-16-12(15)11(13)8-14-10-6-4-9(2)5-7-10/h4-7,11,14H,3,8H2,1-2H3. The summed E-state index contributed by atoms with van der Waals surface area (Å²) in [6.45, 7) is 4.76. The molecule has 16 heavy (non-hydrogen) atoms. The molecular weight excluding hydrogens is 270 g/mol. The highest BCUT2D eigenvalue weighted by Crippen LogP contribution is 2.10. The fourth-order valence-electron chi connectivity index (χ4n) is 1.19. The summed E-state index contributed by atoms with van der Waals surface area (Å²) in [5.41, 5.74) is 2.21. The number of aryl methyl sites for hydroxylation is 1. The zero-order chi connectivity index (χ0) is 12.0. The number of hydrogen-bond donors (Lipinski definition) is 1. The SMILES string of the molecule is CCOC(=O)C(Br)CNc1ccc(C)cc1. The number of nitrogens with one attached hydrogen (secondary N) is 1. The maximum absolute atomic E-state index is 11.3. The van der Waals surface area contributed by atoms with E-state index in [4.69, 9.17) is 4.74 Å². The number of hydrogen-bond acceptors (Lipinski definition) is 3.